The molecule has 0 saturated carbocycles. The number of benzene rings is 3. The summed E-state index contributed by atoms with van der Waals surface area (Å²) in [5, 5.41) is 1.26. The second-order valence-corrected chi connectivity index (χ2v) is 8.54. The minimum Gasteiger partial charge on any atom is -0.264 e. The van der Waals surface area contributed by atoms with Crippen LogP contribution in [0.25, 0.3) is 22.6 Å². The minimum absolute atomic E-state index is 0.109. The number of hydrogen-bond acceptors (Lipinski definition) is 1. The van der Waals surface area contributed by atoms with Crippen LogP contribution in [0.3, 0.4) is 0 Å². The molecule has 0 aliphatic carbocycles. The van der Waals surface area contributed by atoms with Crippen molar-refractivity contribution in [3.05, 3.63) is 105 Å². The third kappa shape index (κ3) is 3.71. The van der Waals surface area contributed by atoms with Gasteiger partial charge in [-0.25, -0.2) is 4.79 Å². The van der Waals surface area contributed by atoms with Gasteiger partial charge in [0.25, 0.3) is 0 Å². The molecule has 0 spiro atoms. The van der Waals surface area contributed by atoms with E-state index in [2.05, 4.69) is 32.9 Å². The lowest BCUT2D eigenvalue weighted by molar-refractivity contribution is 0.775. The quantitative estimate of drug-likeness (QED) is 0.337. The first-order chi connectivity index (χ1) is 14.4. The Labute approximate surface area is 186 Å². The molecule has 3 aromatic carbocycles. The van der Waals surface area contributed by atoms with E-state index < -0.39 is 0 Å². The molecular weight excluding hydrogens is 415 g/mol. The average molecular weight is 437 g/mol. The summed E-state index contributed by atoms with van der Waals surface area (Å²) in [6.07, 6.45) is 0. The van der Waals surface area contributed by atoms with Crippen molar-refractivity contribution in [2.75, 3.05) is 0 Å². The lowest BCUT2D eigenvalue weighted by atomic mass is 10.0. The van der Waals surface area contributed by atoms with E-state index in [-0.39, 0.29) is 11.6 Å². The standard InChI is InChI=1S/C25H22Cl2N2O/c1-16(2)23-24(18-6-4-5-17(3)15-18)29(22-13-9-20(27)10-14-22)25(30)28(23)21-11-7-19(26)8-12-21/h4-16H,1-3H3. The van der Waals surface area contributed by atoms with Gasteiger partial charge in [0.15, 0.2) is 0 Å². The van der Waals surface area contributed by atoms with Crippen LogP contribution in [0.4, 0.5) is 0 Å². The van der Waals surface area contributed by atoms with Crippen molar-refractivity contribution in [3.8, 4) is 22.6 Å². The molecule has 0 bridgehead atoms. The maximum Gasteiger partial charge on any atom is 0.338 e. The Morgan fingerprint density at radius 3 is 1.80 bits per heavy atom. The lowest BCUT2D eigenvalue weighted by Crippen LogP contribution is -2.23. The number of halogens is 2. The highest BCUT2D eigenvalue weighted by atomic mass is 35.5. The Hall–Kier alpha value is -2.75. The summed E-state index contributed by atoms with van der Waals surface area (Å²) in [6.45, 7) is 6.26. The molecule has 152 valence electrons. The zero-order valence-corrected chi connectivity index (χ0v) is 18.6. The first-order valence-electron chi connectivity index (χ1n) is 9.83. The number of nitrogens with zero attached hydrogens (tertiary/aromatic N) is 2. The maximum absolute atomic E-state index is 13.8. The molecule has 5 heteroatoms. The Balaban J connectivity index is 2.13. The Bertz CT molecular complexity index is 1250. The molecule has 1 heterocycles. The molecule has 4 aromatic rings. The SMILES string of the molecule is Cc1cccc(-c2c(C(C)C)n(-c3ccc(Cl)cc3)c(=O)n2-c2ccc(Cl)cc2)c1. The van der Waals surface area contributed by atoms with E-state index in [1.54, 1.807) is 33.4 Å². The average Bonchev–Trinajstić information content (AvgIpc) is 3.02. The summed E-state index contributed by atoms with van der Waals surface area (Å²) >= 11 is 12.2. The Morgan fingerprint density at radius 2 is 1.30 bits per heavy atom. The molecule has 0 unspecified atom stereocenters. The molecule has 3 nitrogen and oxygen atoms in total. The van der Waals surface area contributed by atoms with Gasteiger partial charge in [-0.3, -0.25) is 9.13 Å². The van der Waals surface area contributed by atoms with Crippen LogP contribution in [-0.2, 0) is 0 Å². The van der Waals surface area contributed by atoms with Crippen LogP contribution in [0.15, 0.2) is 77.6 Å². The fourth-order valence-corrected chi connectivity index (χ4v) is 4.04. The number of aryl methyl sites for hydroxylation is 1. The summed E-state index contributed by atoms with van der Waals surface area (Å²) < 4.78 is 3.56. The van der Waals surface area contributed by atoms with E-state index in [4.69, 9.17) is 23.2 Å². The predicted octanol–water partition coefficient (Wildman–Crippen LogP) is 7.03. The van der Waals surface area contributed by atoms with E-state index in [0.717, 1.165) is 33.9 Å². The van der Waals surface area contributed by atoms with Crippen molar-refractivity contribution >= 4 is 23.2 Å². The third-order valence-corrected chi connectivity index (χ3v) is 5.60. The monoisotopic (exact) mass is 436 g/mol. The first kappa shape index (κ1) is 20.5. The van der Waals surface area contributed by atoms with Crippen LogP contribution in [0, 0.1) is 6.92 Å². The summed E-state index contributed by atoms with van der Waals surface area (Å²) in [6, 6.07) is 23.0. The Morgan fingerprint density at radius 1 is 0.767 bits per heavy atom. The van der Waals surface area contributed by atoms with Gasteiger partial charge in [0, 0.05) is 15.6 Å². The van der Waals surface area contributed by atoms with Gasteiger partial charge in [-0.15, -0.1) is 0 Å². The molecule has 0 radical (unpaired) electrons. The zero-order valence-electron chi connectivity index (χ0n) is 17.1. The van der Waals surface area contributed by atoms with Crippen molar-refractivity contribution in [1.29, 1.82) is 0 Å². The third-order valence-electron chi connectivity index (χ3n) is 5.10. The molecule has 0 amide bonds. The van der Waals surface area contributed by atoms with E-state index in [9.17, 15) is 4.79 Å². The van der Waals surface area contributed by atoms with Gasteiger partial charge in [-0.1, -0.05) is 60.8 Å². The molecule has 0 N–H and O–H groups in total. The number of rotatable bonds is 4. The predicted molar refractivity (Wildman–Crippen MR) is 126 cm³/mol. The molecule has 0 atom stereocenters. The largest absolute Gasteiger partial charge is 0.338 e. The molecular formula is C25H22Cl2N2O. The summed E-state index contributed by atoms with van der Waals surface area (Å²) in [4.78, 5) is 13.8. The van der Waals surface area contributed by atoms with E-state index in [0.29, 0.717) is 10.0 Å². The fraction of sp³-hybridized carbons (Fsp3) is 0.160. The maximum atomic E-state index is 13.8. The van der Waals surface area contributed by atoms with E-state index in [1.807, 2.05) is 36.4 Å². The second-order valence-electron chi connectivity index (χ2n) is 7.66. The smallest absolute Gasteiger partial charge is 0.264 e. The number of aromatic nitrogens is 2. The molecule has 0 saturated heterocycles. The minimum atomic E-state index is -0.125. The highest BCUT2D eigenvalue weighted by molar-refractivity contribution is 6.30. The van der Waals surface area contributed by atoms with Crippen molar-refractivity contribution in [2.24, 2.45) is 0 Å². The topological polar surface area (TPSA) is 26.9 Å². The molecule has 0 aliphatic rings. The van der Waals surface area contributed by atoms with Crippen molar-refractivity contribution in [3.63, 3.8) is 0 Å². The van der Waals surface area contributed by atoms with Crippen LogP contribution in [0.2, 0.25) is 10.0 Å². The van der Waals surface area contributed by atoms with Crippen molar-refractivity contribution in [1.82, 2.24) is 9.13 Å². The van der Waals surface area contributed by atoms with Crippen LogP contribution < -0.4 is 5.69 Å². The highest BCUT2D eigenvalue weighted by Gasteiger charge is 2.25. The molecule has 0 fully saturated rings. The number of hydrogen-bond donors (Lipinski definition) is 0. The molecule has 4 rings (SSSR count). The van der Waals surface area contributed by atoms with Crippen LogP contribution in [-0.4, -0.2) is 9.13 Å². The zero-order chi connectivity index (χ0) is 21.4. The first-order valence-corrected chi connectivity index (χ1v) is 10.6. The normalized spacial score (nSPS) is 11.3. The van der Waals surface area contributed by atoms with Gasteiger partial charge in [-0.2, -0.15) is 0 Å². The highest BCUT2D eigenvalue weighted by Crippen LogP contribution is 2.33. The van der Waals surface area contributed by atoms with Gasteiger partial charge >= 0.3 is 5.69 Å². The van der Waals surface area contributed by atoms with E-state index in [1.165, 1.54) is 0 Å². The van der Waals surface area contributed by atoms with Crippen LogP contribution in [0.1, 0.15) is 31.0 Å². The fourth-order valence-electron chi connectivity index (χ4n) is 3.79. The number of imidazole rings is 1. The Kier molecular flexibility index (Phi) is 5.59. The summed E-state index contributed by atoms with van der Waals surface area (Å²) in [5.74, 6) is 0.109. The van der Waals surface area contributed by atoms with Gasteiger partial charge in [0.2, 0.25) is 0 Å². The van der Waals surface area contributed by atoms with Crippen molar-refractivity contribution < 1.29 is 0 Å². The summed E-state index contributed by atoms with van der Waals surface area (Å²) in [7, 11) is 0. The lowest BCUT2D eigenvalue weighted by Gasteiger charge is -2.14. The van der Waals surface area contributed by atoms with Crippen LogP contribution >= 0.6 is 23.2 Å². The van der Waals surface area contributed by atoms with Crippen molar-refractivity contribution in [2.45, 2.75) is 26.7 Å². The molecule has 1 aromatic heterocycles. The van der Waals surface area contributed by atoms with Gasteiger partial charge in [0.1, 0.15) is 0 Å². The summed E-state index contributed by atoms with van der Waals surface area (Å²) in [5.41, 5.74) is 5.40. The van der Waals surface area contributed by atoms with E-state index >= 15 is 0 Å². The van der Waals surface area contributed by atoms with Gasteiger partial charge in [0.05, 0.1) is 22.8 Å². The van der Waals surface area contributed by atoms with Crippen LogP contribution in [0.5, 0.6) is 0 Å². The molecule has 30 heavy (non-hydrogen) atoms. The van der Waals surface area contributed by atoms with Gasteiger partial charge in [-0.05, 0) is 67.4 Å². The second kappa shape index (κ2) is 8.17. The molecule has 0 aliphatic heterocycles. The van der Waals surface area contributed by atoms with Gasteiger partial charge < -0.3 is 0 Å².